The second-order valence-electron chi connectivity index (χ2n) is 4.64. The van der Waals surface area contributed by atoms with Crippen LogP contribution in [0, 0.1) is 0 Å². The number of likely N-dealkylation sites (N-methyl/N-ethyl adjacent to an activating group) is 1. The van der Waals surface area contributed by atoms with Gasteiger partial charge in [0.15, 0.2) is 0 Å². The number of hydrogen-bond acceptors (Lipinski definition) is 3. The van der Waals surface area contributed by atoms with Crippen LogP contribution in [0.25, 0.3) is 0 Å². The predicted molar refractivity (Wildman–Crippen MR) is 75.0 cm³/mol. The van der Waals surface area contributed by atoms with E-state index in [1.54, 1.807) is 0 Å². The maximum atomic E-state index is 12.7. The maximum Gasteiger partial charge on any atom is 0.416 e. The third-order valence-corrected chi connectivity index (χ3v) is 3.89. The fourth-order valence-corrected chi connectivity index (χ4v) is 2.90. The van der Waals surface area contributed by atoms with Crippen LogP contribution in [0.4, 0.5) is 18.9 Å². The number of benzene rings is 1. The van der Waals surface area contributed by atoms with E-state index in [2.05, 4.69) is 26.1 Å². The van der Waals surface area contributed by atoms with E-state index < -0.39 is 11.7 Å². The highest BCUT2D eigenvalue weighted by atomic mass is 79.9. The van der Waals surface area contributed by atoms with Gasteiger partial charge in [0.1, 0.15) is 0 Å². The van der Waals surface area contributed by atoms with Gasteiger partial charge in [-0.2, -0.15) is 13.2 Å². The molecule has 20 heavy (non-hydrogen) atoms. The van der Waals surface area contributed by atoms with E-state index in [4.69, 9.17) is 4.74 Å². The normalized spacial score (nSPS) is 20.2. The quantitative estimate of drug-likeness (QED) is 0.905. The molecule has 0 amide bonds. The Balaban J connectivity index is 2.27. The summed E-state index contributed by atoms with van der Waals surface area (Å²) >= 11 is 3.25. The number of anilines is 1. The number of hydrogen-bond donors (Lipinski definition) is 1. The van der Waals surface area contributed by atoms with E-state index in [9.17, 15) is 13.2 Å². The summed E-state index contributed by atoms with van der Waals surface area (Å²) in [4.78, 5) is 2.07. The zero-order chi connectivity index (χ0) is 14.8. The Morgan fingerprint density at radius 1 is 1.45 bits per heavy atom. The van der Waals surface area contributed by atoms with Crippen LogP contribution in [0.2, 0.25) is 0 Å². The van der Waals surface area contributed by atoms with Crippen LogP contribution < -0.4 is 10.2 Å². The molecule has 3 nitrogen and oxygen atoms in total. The number of morpholine rings is 1. The summed E-state index contributed by atoms with van der Waals surface area (Å²) in [6.07, 6.45) is -4.32. The van der Waals surface area contributed by atoms with E-state index >= 15 is 0 Å². The molecule has 1 unspecified atom stereocenters. The molecule has 1 aromatic rings. The fraction of sp³-hybridized carbons (Fsp3) is 0.538. The number of alkyl halides is 3. The molecule has 1 aromatic carbocycles. The van der Waals surface area contributed by atoms with Crippen molar-refractivity contribution in [3.8, 4) is 0 Å². The number of rotatable bonds is 3. The van der Waals surface area contributed by atoms with Gasteiger partial charge in [-0.15, -0.1) is 0 Å². The Kier molecular flexibility index (Phi) is 4.93. The van der Waals surface area contributed by atoms with Crippen molar-refractivity contribution in [1.29, 1.82) is 0 Å². The highest BCUT2D eigenvalue weighted by molar-refractivity contribution is 9.10. The minimum atomic E-state index is -4.32. The summed E-state index contributed by atoms with van der Waals surface area (Å²) in [6.45, 7) is 2.52. The van der Waals surface area contributed by atoms with E-state index in [0.29, 0.717) is 30.8 Å². The minimum absolute atomic E-state index is 0.113. The number of ether oxygens (including phenoxy) is 1. The molecule has 1 N–H and O–H groups in total. The molecule has 7 heteroatoms. The molecule has 1 aliphatic rings. The van der Waals surface area contributed by atoms with E-state index in [0.717, 1.165) is 17.8 Å². The Morgan fingerprint density at radius 3 is 2.80 bits per heavy atom. The Labute approximate surface area is 124 Å². The molecule has 1 saturated heterocycles. The van der Waals surface area contributed by atoms with E-state index in [-0.39, 0.29) is 6.04 Å². The van der Waals surface area contributed by atoms with Gasteiger partial charge >= 0.3 is 6.18 Å². The van der Waals surface area contributed by atoms with Gasteiger partial charge in [-0.1, -0.05) is 0 Å². The first-order chi connectivity index (χ1) is 9.43. The third kappa shape index (κ3) is 3.45. The molecule has 0 spiro atoms. The summed E-state index contributed by atoms with van der Waals surface area (Å²) < 4.78 is 43.9. The molecule has 1 fully saturated rings. The number of halogens is 4. The van der Waals surface area contributed by atoms with Crippen LogP contribution >= 0.6 is 15.9 Å². The van der Waals surface area contributed by atoms with Gasteiger partial charge in [-0.05, 0) is 41.2 Å². The van der Waals surface area contributed by atoms with Crippen molar-refractivity contribution < 1.29 is 17.9 Å². The highest BCUT2D eigenvalue weighted by Crippen LogP contribution is 2.36. The second kappa shape index (κ2) is 6.32. The molecular weight excluding hydrogens is 337 g/mol. The standard InChI is InChI=1S/C13H16BrF3N2O/c1-18-7-10-8-20-5-4-19(10)12-3-2-9(6-11(12)14)13(15,16)17/h2-3,6,10,18H,4-5,7-8H2,1H3. The lowest BCUT2D eigenvalue weighted by Crippen LogP contribution is -2.50. The lowest BCUT2D eigenvalue weighted by atomic mass is 10.1. The first-order valence-electron chi connectivity index (χ1n) is 6.29. The lowest BCUT2D eigenvalue weighted by Gasteiger charge is -2.38. The van der Waals surface area contributed by atoms with E-state index in [1.807, 2.05) is 7.05 Å². The van der Waals surface area contributed by atoms with Gasteiger partial charge in [-0.3, -0.25) is 0 Å². The van der Waals surface area contributed by atoms with Crippen LogP contribution in [0.1, 0.15) is 5.56 Å². The summed E-state index contributed by atoms with van der Waals surface area (Å²) in [5.41, 5.74) is 0.119. The maximum absolute atomic E-state index is 12.7. The summed E-state index contributed by atoms with van der Waals surface area (Å²) in [7, 11) is 1.84. The SMILES string of the molecule is CNCC1COCCN1c1ccc(C(F)(F)F)cc1Br. The van der Waals surface area contributed by atoms with Crippen LogP contribution in [-0.2, 0) is 10.9 Å². The average molecular weight is 353 g/mol. The van der Waals surface area contributed by atoms with Crippen LogP contribution in [0.5, 0.6) is 0 Å². The van der Waals surface area contributed by atoms with E-state index in [1.165, 1.54) is 6.07 Å². The van der Waals surface area contributed by atoms with Crippen molar-refractivity contribution in [3.05, 3.63) is 28.2 Å². The zero-order valence-corrected chi connectivity index (χ0v) is 12.6. The van der Waals surface area contributed by atoms with Crippen molar-refractivity contribution in [2.24, 2.45) is 0 Å². The molecule has 0 aromatic heterocycles. The van der Waals surface area contributed by atoms with Crippen molar-refractivity contribution in [1.82, 2.24) is 5.32 Å². The smallest absolute Gasteiger partial charge is 0.377 e. The largest absolute Gasteiger partial charge is 0.416 e. The van der Waals surface area contributed by atoms with Gasteiger partial charge in [0.25, 0.3) is 0 Å². The predicted octanol–water partition coefficient (Wildman–Crippen LogP) is 2.89. The Bertz CT molecular complexity index is 465. The number of nitrogens with one attached hydrogen (secondary N) is 1. The van der Waals surface area contributed by atoms with Crippen LogP contribution in [-0.4, -0.2) is 39.4 Å². The molecule has 112 valence electrons. The highest BCUT2D eigenvalue weighted by Gasteiger charge is 2.32. The summed E-state index contributed by atoms with van der Waals surface area (Å²) in [5.74, 6) is 0. The van der Waals surface area contributed by atoms with Crippen LogP contribution in [0.3, 0.4) is 0 Å². The topological polar surface area (TPSA) is 24.5 Å². The molecular formula is C13H16BrF3N2O. The summed E-state index contributed by atoms with van der Waals surface area (Å²) in [6, 6.07) is 3.87. The Hall–Kier alpha value is -0.790. The monoisotopic (exact) mass is 352 g/mol. The van der Waals surface area contributed by atoms with Crippen LogP contribution in [0.15, 0.2) is 22.7 Å². The molecule has 0 bridgehead atoms. The van der Waals surface area contributed by atoms with Gasteiger partial charge in [0.05, 0.1) is 30.5 Å². The fourth-order valence-electron chi connectivity index (χ4n) is 2.29. The number of nitrogens with zero attached hydrogens (tertiary/aromatic N) is 1. The first-order valence-corrected chi connectivity index (χ1v) is 7.08. The second-order valence-corrected chi connectivity index (χ2v) is 5.50. The zero-order valence-electron chi connectivity index (χ0n) is 11.0. The van der Waals surface area contributed by atoms with Gasteiger partial charge in [0.2, 0.25) is 0 Å². The van der Waals surface area contributed by atoms with Crippen molar-refractivity contribution in [2.75, 3.05) is 38.3 Å². The van der Waals surface area contributed by atoms with Gasteiger partial charge in [0, 0.05) is 17.6 Å². The molecule has 1 aliphatic heterocycles. The first kappa shape index (κ1) is 15.6. The molecule has 0 saturated carbocycles. The van der Waals surface area contributed by atoms with Crippen molar-refractivity contribution in [3.63, 3.8) is 0 Å². The molecule has 0 radical (unpaired) electrons. The molecule has 1 atom stereocenters. The Morgan fingerprint density at radius 2 is 2.20 bits per heavy atom. The summed E-state index contributed by atoms with van der Waals surface area (Å²) in [5, 5.41) is 3.08. The van der Waals surface area contributed by atoms with Crippen molar-refractivity contribution >= 4 is 21.6 Å². The molecule has 1 heterocycles. The lowest BCUT2D eigenvalue weighted by molar-refractivity contribution is -0.137. The van der Waals surface area contributed by atoms with Gasteiger partial charge < -0.3 is 15.0 Å². The van der Waals surface area contributed by atoms with Gasteiger partial charge in [-0.25, -0.2) is 0 Å². The molecule has 0 aliphatic carbocycles. The van der Waals surface area contributed by atoms with Crippen molar-refractivity contribution in [2.45, 2.75) is 12.2 Å². The molecule has 2 rings (SSSR count). The third-order valence-electron chi connectivity index (χ3n) is 3.25. The average Bonchev–Trinajstić information content (AvgIpc) is 2.39. The minimum Gasteiger partial charge on any atom is -0.377 e.